The minimum atomic E-state index is -0.334. The molecule has 0 spiro atoms. The molecule has 90 valence electrons. The van der Waals surface area contributed by atoms with Gasteiger partial charge in [0, 0.05) is 20.2 Å². The Kier molecular flexibility index (Phi) is 4.79. The summed E-state index contributed by atoms with van der Waals surface area (Å²) in [4.78, 5) is 1.20. The fraction of sp³-hybridized carbons (Fsp3) is 0.231. The molecule has 0 aliphatic rings. The fourth-order valence-corrected chi connectivity index (χ4v) is 3.73. The van der Waals surface area contributed by atoms with Crippen LogP contribution >= 0.6 is 43.2 Å². The molecule has 4 heteroatoms. The fourth-order valence-electron chi connectivity index (χ4n) is 1.69. The van der Waals surface area contributed by atoms with Gasteiger partial charge in [-0.25, -0.2) is 0 Å². The molecular weight excluding hydrogens is 364 g/mol. The molecule has 0 fully saturated rings. The maximum Gasteiger partial charge on any atom is 0.0629 e. The van der Waals surface area contributed by atoms with Gasteiger partial charge in [-0.2, -0.15) is 0 Å². The van der Waals surface area contributed by atoms with Crippen LogP contribution in [0.2, 0.25) is 0 Å². The van der Waals surface area contributed by atoms with Gasteiger partial charge in [0.1, 0.15) is 0 Å². The van der Waals surface area contributed by atoms with Crippen LogP contribution in [-0.2, 0) is 12.8 Å². The SMILES string of the molecule is OC(Cc1cccc(Br)c1)Cc1sccc1Br. The van der Waals surface area contributed by atoms with Crippen molar-refractivity contribution in [1.82, 2.24) is 0 Å². The lowest BCUT2D eigenvalue weighted by Crippen LogP contribution is -2.13. The van der Waals surface area contributed by atoms with Crippen LogP contribution in [-0.4, -0.2) is 11.2 Å². The Morgan fingerprint density at radius 1 is 1.18 bits per heavy atom. The molecule has 1 aromatic carbocycles. The number of hydrogen-bond acceptors (Lipinski definition) is 2. The summed E-state index contributed by atoms with van der Waals surface area (Å²) in [5.74, 6) is 0. The highest BCUT2D eigenvalue weighted by Gasteiger charge is 2.10. The van der Waals surface area contributed by atoms with Crippen LogP contribution in [0.3, 0.4) is 0 Å². The van der Waals surface area contributed by atoms with Crippen molar-refractivity contribution in [2.75, 3.05) is 0 Å². The summed E-state index contributed by atoms with van der Waals surface area (Å²) in [7, 11) is 0. The molecule has 0 bridgehead atoms. The van der Waals surface area contributed by atoms with E-state index in [4.69, 9.17) is 0 Å². The number of benzene rings is 1. The van der Waals surface area contributed by atoms with E-state index in [0.717, 1.165) is 14.5 Å². The van der Waals surface area contributed by atoms with E-state index in [0.29, 0.717) is 12.8 Å². The van der Waals surface area contributed by atoms with E-state index in [1.165, 1.54) is 4.88 Å². The van der Waals surface area contributed by atoms with E-state index in [2.05, 4.69) is 31.9 Å². The molecular formula is C13H12Br2OS. The van der Waals surface area contributed by atoms with Gasteiger partial charge in [-0.05, 0) is 51.5 Å². The lowest BCUT2D eigenvalue weighted by molar-refractivity contribution is 0.176. The number of aliphatic hydroxyl groups is 1. The second-order valence-corrected chi connectivity index (χ2v) is 6.65. The topological polar surface area (TPSA) is 20.2 Å². The molecule has 1 aromatic heterocycles. The molecule has 0 saturated heterocycles. The lowest BCUT2D eigenvalue weighted by Gasteiger charge is -2.10. The van der Waals surface area contributed by atoms with Crippen LogP contribution in [0.1, 0.15) is 10.4 Å². The summed E-state index contributed by atoms with van der Waals surface area (Å²) in [5.41, 5.74) is 1.15. The van der Waals surface area contributed by atoms with Crippen molar-refractivity contribution in [2.45, 2.75) is 18.9 Å². The Balaban J connectivity index is 1.98. The number of halogens is 2. The standard InChI is InChI=1S/C13H12Br2OS/c14-10-3-1-2-9(6-10)7-11(16)8-13-12(15)4-5-17-13/h1-6,11,16H,7-8H2. The average Bonchev–Trinajstić information content (AvgIpc) is 2.64. The Morgan fingerprint density at radius 2 is 2.00 bits per heavy atom. The van der Waals surface area contributed by atoms with Crippen molar-refractivity contribution in [3.8, 4) is 0 Å². The molecule has 0 radical (unpaired) electrons. The van der Waals surface area contributed by atoms with Gasteiger partial charge >= 0.3 is 0 Å². The number of aliphatic hydroxyl groups excluding tert-OH is 1. The highest BCUT2D eigenvalue weighted by Crippen LogP contribution is 2.25. The largest absolute Gasteiger partial charge is 0.392 e. The molecule has 1 N–H and O–H groups in total. The van der Waals surface area contributed by atoms with E-state index in [1.807, 2.05) is 35.7 Å². The smallest absolute Gasteiger partial charge is 0.0629 e. The summed E-state index contributed by atoms with van der Waals surface area (Å²) in [6.45, 7) is 0. The van der Waals surface area contributed by atoms with Gasteiger partial charge in [-0.3, -0.25) is 0 Å². The van der Waals surface area contributed by atoms with E-state index in [-0.39, 0.29) is 6.10 Å². The molecule has 17 heavy (non-hydrogen) atoms. The van der Waals surface area contributed by atoms with Crippen molar-refractivity contribution < 1.29 is 5.11 Å². The van der Waals surface area contributed by atoms with E-state index < -0.39 is 0 Å². The van der Waals surface area contributed by atoms with E-state index in [1.54, 1.807) is 11.3 Å². The van der Waals surface area contributed by atoms with Gasteiger partial charge in [0.15, 0.2) is 0 Å². The highest BCUT2D eigenvalue weighted by molar-refractivity contribution is 9.10. The molecule has 0 aliphatic carbocycles. The summed E-state index contributed by atoms with van der Waals surface area (Å²) >= 11 is 8.60. The first-order chi connectivity index (χ1) is 8.15. The number of hydrogen-bond donors (Lipinski definition) is 1. The lowest BCUT2D eigenvalue weighted by atomic mass is 10.1. The Hall–Kier alpha value is -0.160. The van der Waals surface area contributed by atoms with Crippen LogP contribution in [0, 0.1) is 0 Å². The third kappa shape index (κ3) is 3.91. The zero-order valence-electron chi connectivity index (χ0n) is 9.07. The third-order valence-electron chi connectivity index (χ3n) is 2.47. The van der Waals surface area contributed by atoms with Crippen molar-refractivity contribution in [3.63, 3.8) is 0 Å². The van der Waals surface area contributed by atoms with Crippen LogP contribution in [0.15, 0.2) is 44.7 Å². The molecule has 0 amide bonds. The second-order valence-electron chi connectivity index (χ2n) is 3.88. The van der Waals surface area contributed by atoms with E-state index >= 15 is 0 Å². The summed E-state index contributed by atoms with van der Waals surface area (Å²) in [6.07, 6.45) is 1.05. The van der Waals surface area contributed by atoms with Crippen LogP contribution in [0.5, 0.6) is 0 Å². The number of thiophene rings is 1. The van der Waals surface area contributed by atoms with Crippen molar-refractivity contribution in [1.29, 1.82) is 0 Å². The number of rotatable bonds is 4. The van der Waals surface area contributed by atoms with Crippen LogP contribution in [0.25, 0.3) is 0 Å². The van der Waals surface area contributed by atoms with Crippen LogP contribution in [0.4, 0.5) is 0 Å². The summed E-state index contributed by atoms with van der Waals surface area (Å²) < 4.78 is 2.15. The first-order valence-electron chi connectivity index (χ1n) is 5.29. The Labute approximate surface area is 122 Å². The summed E-state index contributed by atoms with van der Waals surface area (Å²) in [5, 5.41) is 12.1. The molecule has 1 heterocycles. The molecule has 2 rings (SSSR count). The monoisotopic (exact) mass is 374 g/mol. The van der Waals surface area contributed by atoms with Gasteiger partial charge in [0.05, 0.1) is 6.10 Å². The normalized spacial score (nSPS) is 12.6. The van der Waals surface area contributed by atoms with Crippen molar-refractivity contribution >= 4 is 43.2 Å². The molecule has 1 nitrogen and oxygen atoms in total. The van der Waals surface area contributed by atoms with Crippen molar-refractivity contribution in [3.05, 3.63) is 55.1 Å². The molecule has 2 aromatic rings. The van der Waals surface area contributed by atoms with E-state index in [9.17, 15) is 5.11 Å². The van der Waals surface area contributed by atoms with Gasteiger partial charge in [-0.15, -0.1) is 11.3 Å². The minimum Gasteiger partial charge on any atom is -0.392 e. The maximum absolute atomic E-state index is 10.1. The zero-order chi connectivity index (χ0) is 12.3. The van der Waals surface area contributed by atoms with Crippen LogP contribution < -0.4 is 0 Å². The van der Waals surface area contributed by atoms with Gasteiger partial charge in [0.2, 0.25) is 0 Å². The Morgan fingerprint density at radius 3 is 2.65 bits per heavy atom. The molecule has 1 unspecified atom stereocenters. The summed E-state index contributed by atoms with van der Waals surface area (Å²) in [6, 6.07) is 10.1. The zero-order valence-corrected chi connectivity index (χ0v) is 13.1. The average molecular weight is 376 g/mol. The first kappa shape index (κ1) is 13.3. The quantitative estimate of drug-likeness (QED) is 0.838. The second kappa shape index (κ2) is 6.14. The predicted octanol–water partition coefficient (Wildman–Crippen LogP) is 4.42. The Bertz CT molecular complexity index is 496. The molecule has 1 atom stereocenters. The molecule has 0 saturated carbocycles. The predicted molar refractivity (Wildman–Crippen MR) is 79.6 cm³/mol. The first-order valence-corrected chi connectivity index (χ1v) is 7.76. The van der Waals surface area contributed by atoms with Gasteiger partial charge < -0.3 is 5.11 Å². The van der Waals surface area contributed by atoms with Gasteiger partial charge in [0.25, 0.3) is 0 Å². The van der Waals surface area contributed by atoms with Gasteiger partial charge in [-0.1, -0.05) is 28.1 Å². The highest BCUT2D eigenvalue weighted by atomic mass is 79.9. The third-order valence-corrected chi connectivity index (χ3v) is 4.91. The van der Waals surface area contributed by atoms with Crippen molar-refractivity contribution in [2.24, 2.45) is 0 Å². The maximum atomic E-state index is 10.1. The molecule has 0 aliphatic heterocycles. The minimum absolute atomic E-state index is 0.334.